The standard InChI is InChI=1S/C9H19NO/c1-3-5-6-9(11)8(4-2)7-10/h8H,3-7,10H2,1-2H3. The maximum absolute atomic E-state index is 11.3. The normalized spacial score (nSPS) is 13.0. The van der Waals surface area contributed by atoms with E-state index in [0.29, 0.717) is 18.7 Å². The zero-order valence-corrected chi connectivity index (χ0v) is 7.60. The topological polar surface area (TPSA) is 43.1 Å². The molecule has 0 saturated heterocycles. The molecule has 0 saturated carbocycles. The number of nitrogens with two attached hydrogens (primary N) is 1. The van der Waals surface area contributed by atoms with Gasteiger partial charge in [0.05, 0.1) is 0 Å². The number of carbonyl (C=O) groups excluding carboxylic acids is 1. The van der Waals surface area contributed by atoms with Crippen molar-refractivity contribution in [1.82, 2.24) is 0 Å². The highest BCUT2D eigenvalue weighted by Gasteiger charge is 2.12. The summed E-state index contributed by atoms with van der Waals surface area (Å²) >= 11 is 0. The fraction of sp³-hybridized carbons (Fsp3) is 0.889. The first-order chi connectivity index (χ1) is 5.26. The van der Waals surface area contributed by atoms with Crippen molar-refractivity contribution in [2.45, 2.75) is 39.5 Å². The zero-order valence-electron chi connectivity index (χ0n) is 7.60. The summed E-state index contributed by atoms with van der Waals surface area (Å²) in [6.07, 6.45) is 3.70. The van der Waals surface area contributed by atoms with E-state index >= 15 is 0 Å². The molecule has 2 N–H and O–H groups in total. The van der Waals surface area contributed by atoms with E-state index in [1.807, 2.05) is 6.92 Å². The number of Topliss-reactive ketones (excluding diaryl/α,β-unsaturated/α-hetero) is 1. The van der Waals surface area contributed by atoms with Gasteiger partial charge in [0.15, 0.2) is 0 Å². The van der Waals surface area contributed by atoms with Crippen molar-refractivity contribution in [3.05, 3.63) is 0 Å². The van der Waals surface area contributed by atoms with Crippen LogP contribution >= 0.6 is 0 Å². The van der Waals surface area contributed by atoms with E-state index in [1.54, 1.807) is 0 Å². The minimum Gasteiger partial charge on any atom is -0.330 e. The first-order valence-electron chi connectivity index (χ1n) is 4.49. The third kappa shape index (κ3) is 4.14. The van der Waals surface area contributed by atoms with Gasteiger partial charge in [-0.15, -0.1) is 0 Å². The van der Waals surface area contributed by atoms with Gasteiger partial charge in [-0.25, -0.2) is 0 Å². The predicted molar refractivity (Wildman–Crippen MR) is 47.4 cm³/mol. The van der Waals surface area contributed by atoms with Crippen molar-refractivity contribution < 1.29 is 4.79 Å². The summed E-state index contributed by atoms with van der Waals surface area (Å²) in [4.78, 5) is 11.3. The molecule has 0 aliphatic rings. The molecule has 0 aromatic rings. The Labute approximate surface area is 69.2 Å². The van der Waals surface area contributed by atoms with Crippen molar-refractivity contribution in [1.29, 1.82) is 0 Å². The summed E-state index contributed by atoms with van der Waals surface area (Å²) in [5, 5.41) is 0. The molecule has 0 radical (unpaired) electrons. The molecular weight excluding hydrogens is 138 g/mol. The second kappa shape index (κ2) is 6.35. The molecule has 0 aliphatic heterocycles. The summed E-state index contributed by atoms with van der Waals surface area (Å²) in [5.74, 6) is 0.457. The van der Waals surface area contributed by atoms with E-state index in [4.69, 9.17) is 5.73 Å². The average molecular weight is 157 g/mol. The number of hydrogen-bond acceptors (Lipinski definition) is 2. The number of unbranched alkanes of at least 4 members (excludes halogenated alkanes) is 1. The molecular formula is C9H19NO. The van der Waals surface area contributed by atoms with Gasteiger partial charge in [0, 0.05) is 18.9 Å². The first kappa shape index (κ1) is 10.6. The van der Waals surface area contributed by atoms with Crippen LogP contribution in [0.4, 0.5) is 0 Å². The Hall–Kier alpha value is -0.370. The second-order valence-electron chi connectivity index (χ2n) is 2.91. The summed E-state index contributed by atoms with van der Waals surface area (Å²) in [6.45, 7) is 4.62. The van der Waals surface area contributed by atoms with Crippen molar-refractivity contribution >= 4 is 5.78 Å². The lowest BCUT2D eigenvalue weighted by Gasteiger charge is -2.09. The Bertz CT molecular complexity index is 108. The second-order valence-corrected chi connectivity index (χ2v) is 2.91. The average Bonchev–Trinajstić information content (AvgIpc) is 2.03. The van der Waals surface area contributed by atoms with Crippen LogP contribution in [0, 0.1) is 5.92 Å². The fourth-order valence-corrected chi connectivity index (χ4v) is 1.08. The largest absolute Gasteiger partial charge is 0.330 e. The lowest BCUT2D eigenvalue weighted by atomic mass is 9.97. The van der Waals surface area contributed by atoms with Crippen LogP contribution in [0.1, 0.15) is 39.5 Å². The molecule has 0 aliphatic carbocycles. The first-order valence-corrected chi connectivity index (χ1v) is 4.49. The van der Waals surface area contributed by atoms with E-state index < -0.39 is 0 Å². The molecule has 0 aromatic heterocycles. The quantitative estimate of drug-likeness (QED) is 0.638. The number of ketones is 1. The Morgan fingerprint density at radius 2 is 2.09 bits per heavy atom. The van der Waals surface area contributed by atoms with Gasteiger partial charge in [-0.2, -0.15) is 0 Å². The van der Waals surface area contributed by atoms with Gasteiger partial charge < -0.3 is 5.73 Å². The van der Waals surface area contributed by atoms with Crippen LogP contribution in [0.5, 0.6) is 0 Å². The van der Waals surface area contributed by atoms with Gasteiger partial charge >= 0.3 is 0 Å². The molecule has 0 aromatic carbocycles. The van der Waals surface area contributed by atoms with Crippen LogP contribution in [-0.2, 0) is 4.79 Å². The highest BCUT2D eigenvalue weighted by Crippen LogP contribution is 2.07. The van der Waals surface area contributed by atoms with Gasteiger partial charge in [-0.05, 0) is 12.8 Å². The summed E-state index contributed by atoms with van der Waals surface area (Å²) in [5.41, 5.74) is 5.44. The van der Waals surface area contributed by atoms with Gasteiger partial charge in [0.2, 0.25) is 0 Å². The fourth-order valence-electron chi connectivity index (χ4n) is 1.08. The predicted octanol–water partition coefficient (Wildman–Crippen LogP) is 1.73. The smallest absolute Gasteiger partial charge is 0.137 e. The number of rotatable bonds is 6. The zero-order chi connectivity index (χ0) is 8.69. The van der Waals surface area contributed by atoms with E-state index in [0.717, 1.165) is 19.3 Å². The summed E-state index contributed by atoms with van der Waals surface area (Å²) in [7, 11) is 0. The third-order valence-corrected chi connectivity index (χ3v) is 2.01. The lowest BCUT2D eigenvalue weighted by Crippen LogP contribution is -2.22. The third-order valence-electron chi connectivity index (χ3n) is 2.01. The molecule has 0 rings (SSSR count). The lowest BCUT2D eigenvalue weighted by molar-refractivity contribution is -0.122. The van der Waals surface area contributed by atoms with Crippen molar-refractivity contribution in [2.75, 3.05) is 6.54 Å². The highest BCUT2D eigenvalue weighted by atomic mass is 16.1. The van der Waals surface area contributed by atoms with Crippen molar-refractivity contribution in [3.63, 3.8) is 0 Å². The van der Waals surface area contributed by atoms with Crippen LogP contribution in [0.2, 0.25) is 0 Å². The van der Waals surface area contributed by atoms with Crippen LogP contribution in [-0.4, -0.2) is 12.3 Å². The Morgan fingerprint density at radius 3 is 2.45 bits per heavy atom. The maximum Gasteiger partial charge on any atom is 0.137 e. The molecule has 0 bridgehead atoms. The Balaban J connectivity index is 3.61. The van der Waals surface area contributed by atoms with Gasteiger partial charge in [0.25, 0.3) is 0 Å². The van der Waals surface area contributed by atoms with E-state index in [9.17, 15) is 4.79 Å². The van der Waals surface area contributed by atoms with Crippen LogP contribution in [0.25, 0.3) is 0 Å². The SMILES string of the molecule is CCCCC(=O)C(CC)CN. The molecule has 66 valence electrons. The van der Waals surface area contributed by atoms with Crippen LogP contribution in [0.3, 0.4) is 0 Å². The molecule has 0 amide bonds. The van der Waals surface area contributed by atoms with Gasteiger partial charge in [-0.1, -0.05) is 20.3 Å². The molecule has 0 spiro atoms. The Morgan fingerprint density at radius 1 is 1.45 bits per heavy atom. The molecule has 2 heteroatoms. The Kier molecular flexibility index (Phi) is 6.13. The molecule has 1 atom stereocenters. The highest BCUT2D eigenvalue weighted by molar-refractivity contribution is 5.81. The van der Waals surface area contributed by atoms with Gasteiger partial charge in [0.1, 0.15) is 5.78 Å². The van der Waals surface area contributed by atoms with Crippen LogP contribution < -0.4 is 5.73 Å². The van der Waals surface area contributed by atoms with Crippen LogP contribution in [0.15, 0.2) is 0 Å². The monoisotopic (exact) mass is 157 g/mol. The minimum absolute atomic E-state index is 0.113. The maximum atomic E-state index is 11.3. The molecule has 0 heterocycles. The van der Waals surface area contributed by atoms with E-state index in [2.05, 4.69) is 6.92 Å². The molecule has 1 unspecified atom stereocenters. The minimum atomic E-state index is 0.113. The number of carbonyl (C=O) groups is 1. The summed E-state index contributed by atoms with van der Waals surface area (Å²) < 4.78 is 0. The van der Waals surface area contributed by atoms with Crippen molar-refractivity contribution in [3.8, 4) is 0 Å². The summed E-state index contributed by atoms with van der Waals surface area (Å²) in [6, 6.07) is 0. The molecule has 0 fully saturated rings. The number of hydrogen-bond donors (Lipinski definition) is 1. The van der Waals surface area contributed by atoms with E-state index in [1.165, 1.54) is 0 Å². The van der Waals surface area contributed by atoms with Crippen molar-refractivity contribution in [2.24, 2.45) is 11.7 Å². The molecule has 2 nitrogen and oxygen atoms in total. The van der Waals surface area contributed by atoms with Gasteiger partial charge in [-0.3, -0.25) is 4.79 Å². The molecule has 11 heavy (non-hydrogen) atoms. The van der Waals surface area contributed by atoms with E-state index in [-0.39, 0.29) is 5.92 Å².